The summed E-state index contributed by atoms with van der Waals surface area (Å²) in [7, 11) is 0. The fourth-order valence-corrected chi connectivity index (χ4v) is 1.45. The molecule has 0 heterocycles. The lowest BCUT2D eigenvalue weighted by Gasteiger charge is -2.25. The largest absolute Gasteiger partial charge is 0.466 e. The molecule has 0 radical (unpaired) electrons. The Morgan fingerprint density at radius 1 is 1.32 bits per heavy atom. The molecule has 0 rings (SSSR count). The molecule has 0 aliphatic rings. The summed E-state index contributed by atoms with van der Waals surface area (Å²) in [5.74, 6) is -0.587. The van der Waals surface area contributed by atoms with Gasteiger partial charge in [0.1, 0.15) is 5.60 Å². The average Bonchev–Trinajstić information content (AvgIpc) is 2.23. The van der Waals surface area contributed by atoms with E-state index in [4.69, 9.17) is 9.47 Å². The van der Waals surface area contributed by atoms with Crippen LogP contribution in [0.15, 0.2) is 0 Å². The van der Waals surface area contributed by atoms with Crippen molar-refractivity contribution < 1.29 is 24.2 Å². The highest BCUT2D eigenvalue weighted by molar-refractivity contribution is 5.70. The Balaban J connectivity index is 4.33. The molecule has 0 aliphatic carbocycles. The molecule has 0 aromatic carbocycles. The first kappa shape index (κ1) is 17.7. The van der Waals surface area contributed by atoms with E-state index in [2.05, 4.69) is 5.32 Å². The predicted octanol–water partition coefficient (Wildman–Crippen LogP) is 1.46. The van der Waals surface area contributed by atoms with Gasteiger partial charge in [-0.3, -0.25) is 4.79 Å². The van der Waals surface area contributed by atoms with E-state index >= 15 is 0 Å². The van der Waals surface area contributed by atoms with Gasteiger partial charge in [0, 0.05) is 0 Å². The van der Waals surface area contributed by atoms with Crippen molar-refractivity contribution in [3.8, 4) is 0 Å². The number of esters is 1. The van der Waals surface area contributed by atoms with Crippen molar-refractivity contribution in [2.75, 3.05) is 13.2 Å². The first-order valence-corrected chi connectivity index (χ1v) is 6.45. The number of hydrogen-bond donors (Lipinski definition) is 2. The molecule has 2 atom stereocenters. The smallest absolute Gasteiger partial charge is 0.407 e. The molecule has 6 heteroatoms. The van der Waals surface area contributed by atoms with E-state index in [0.29, 0.717) is 6.61 Å². The van der Waals surface area contributed by atoms with Crippen LogP contribution in [0.4, 0.5) is 4.79 Å². The van der Waals surface area contributed by atoms with Gasteiger partial charge in [-0.25, -0.2) is 4.79 Å². The summed E-state index contributed by atoms with van der Waals surface area (Å²) in [6.45, 7) is 8.79. The lowest BCUT2D eigenvalue weighted by molar-refractivity contribution is -0.144. The maximum atomic E-state index is 11.6. The van der Waals surface area contributed by atoms with Crippen LogP contribution in [-0.4, -0.2) is 42.0 Å². The molecule has 0 saturated heterocycles. The minimum atomic E-state index is -0.609. The highest BCUT2D eigenvalue weighted by Crippen LogP contribution is 2.11. The lowest BCUT2D eigenvalue weighted by Crippen LogP contribution is -2.45. The summed E-state index contributed by atoms with van der Waals surface area (Å²) < 4.78 is 9.92. The maximum Gasteiger partial charge on any atom is 0.407 e. The van der Waals surface area contributed by atoms with E-state index in [9.17, 15) is 14.7 Å². The van der Waals surface area contributed by atoms with Gasteiger partial charge in [0.05, 0.1) is 25.7 Å². The summed E-state index contributed by atoms with van der Waals surface area (Å²) >= 11 is 0. The van der Waals surface area contributed by atoms with E-state index < -0.39 is 17.7 Å². The third-order valence-electron chi connectivity index (χ3n) is 2.38. The maximum absolute atomic E-state index is 11.6. The molecule has 0 saturated carbocycles. The zero-order chi connectivity index (χ0) is 15.1. The Morgan fingerprint density at radius 3 is 2.32 bits per heavy atom. The van der Waals surface area contributed by atoms with Crippen LogP contribution in [0.3, 0.4) is 0 Å². The predicted molar refractivity (Wildman–Crippen MR) is 70.7 cm³/mol. The van der Waals surface area contributed by atoms with Crippen molar-refractivity contribution >= 4 is 12.1 Å². The standard InChI is InChI=1S/C13H25NO5/c1-6-18-11(16)7-9(2)10(8-15)14-12(17)19-13(3,4)5/h9-10,15H,6-8H2,1-5H3,(H,14,17)/t9-,10+/m0/s1. The van der Waals surface area contributed by atoms with Crippen molar-refractivity contribution in [2.45, 2.75) is 52.7 Å². The van der Waals surface area contributed by atoms with Gasteiger partial charge >= 0.3 is 12.1 Å². The molecule has 2 N–H and O–H groups in total. The zero-order valence-corrected chi connectivity index (χ0v) is 12.4. The summed E-state index contributed by atoms with van der Waals surface area (Å²) in [5, 5.41) is 11.8. The van der Waals surface area contributed by atoms with Crippen molar-refractivity contribution in [1.82, 2.24) is 5.32 Å². The number of alkyl carbamates (subject to hydrolysis) is 1. The summed E-state index contributed by atoms with van der Waals surface area (Å²) in [5.41, 5.74) is -0.603. The lowest BCUT2D eigenvalue weighted by atomic mass is 9.99. The number of carbonyl (C=O) groups excluding carboxylic acids is 2. The molecular formula is C13H25NO5. The fraction of sp³-hybridized carbons (Fsp3) is 0.846. The second-order valence-corrected chi connectivity index (χ2v) is 5.42. The minimum Gasteiger partial charge on any atom is -0.466 e. The SMILES string of the molecule is CCOC(=O)C[C@H](C)[C@@H](CO)NC(=O)OC(C)(C)C. The van der Waals surface area contributed by atoms with Crippen LogP contribution < -0.4 is 5.32 Å². The van der Waals surface area contributed by atoms with Crippen LogP contribution in [-0.2, 0) is 14.3 Å². The highest BCUT2D eigenvalue weighted by Gasteiger charge is 2.24. The van der Waals surface area contributed by atoms with Gasteiger partial charge in [0.15, 0.2) is 0 Å². The zero-order valence-electron chi connectivity index (χ0n) is 12.4. The molecular weight excluding hydrogens is 250 g/mol. The molecule has 0 unspecified atom stereocenters. The number of amides is 1. The topological polar surface area (TPSA) is 84.9 Å². The molecule has 0 aliphatic heterocycles. The van der Waals surface area contributed by atoms with Gasteiger partial charge in [0.25, 0.3) is 0 Å². The number of aliphatic hydroxyl groups is 1. The normalized spacial score (nSPS) is 14.4. The van der Waals surface area contributed by atoms with Gasteiger partial charge in [-0.05, 0) is 33.6 Å². The van der Waals surface area contributed by atoms with Gasteiger partial charge in [-0.1, -0.05) is 6.92 Å². The second kappa shape index (κ2) is 7.99. The number of carbonyl (C=O) groups is 2. The molecule has 0 fully saturated rings. The van der Waals surface area contributed by atoms with Crippen LogP contribution in [0.5, 0.6) is 0 Å². The van der Waals surface area contributed by atoms with E-state index in [1.807, 2.05) is 0 Å². The first-order valence-electron chi connectivity index (χ1n) is 6.45. The molecule has 6 nitrogen and oxygen atoms in total. The summed E-state index contributed by atoms with van der Waals surface area (Å²) in [4.78, 5) is 22.9. The highest BCUT2D eigenvalue weighted by atomic mass is 16.6. The van der Waals surface area contributed by atoms with E-state index in [1.54, 1.807) is 34.6 Å². The summed E-state index contributed by atoms with van der Waals surface area (Å²) in [6.07, 6.45) is -0.475. The number of ether oxygens (including phenoxy) is 2. The molecule has 112 valence electrons. The van der Waals surface area contributed by atoms with Crippen molar-refractivity contribution in [3.63, 3.8) is 0 Å². The van der Waals surface area contributed by atoms with Crippen LogP contribution in [0, 0.1) is 5.92 Å². The Kier molecular flexibility index (Phi) is 7.44. The van der Waals surface area contributed by atoms with Crippen LogP contribution in [0.25, 0.3) is 0 Å². The Morgan fingerprint density at radius 2 is 1.89 bits per heavy atom. The number of nitrogens with one attached hydrogen (secondary N) is 1. The van der Waals surface area contributed by atoms with Crippen molar-refractivity contribution in [3.05, 3.63) is 0 Å². The van der Waals surface area contributed by atoms with Crippen LogP contribution >= 0.6 is 0 Å². The molecule has 1 amide bonds. The molecule has 0 bridgehead atoms. The Labute approximate surface area is 114 Å². The monoisotopic (exact) mass is 275 g/mol. The Hall–Kier alpha value is -1.30. The Bertz CT molecular complexity index is 298. The third kappa shape index (κ3) is 8.42. The summed E-state index contributed by atoms with van der Waals surface area (Å²) in [6, 6.07) is -0.542. The van der Waals surface area contributed by atoms with E-state index in [1.165, 1.54) is 0 Å². The van der Waals surface area contributed by atoms with Crippen molar-refractivity contribution in [2.24, 2.45) is 5.92 Å². The second-order valence-electron chi connectivity index (χ2n) is 5.42. The third-order valence-corrected chi connectivity index (χ3v) is 2.38. The molecule has 0 aromatic heterocycles. The fourth-order valence-electron chi connectivity index (χ4n) is 1.45. The van der Waals surface area contributed by atoms with Crippen molar-refractivity contribution in [1.29, 1.82) is 0 Å². The number of hydrogen-bond acceptors (Lipinski definition) is 5. The van der Waals surface area contributed by atoms with Gasteiger partial charge in [0.2, 0.25) is 0 Å². The minimum absolute atomic E-state index is 0.134. The van der Waals surface area contributed by atoms with E-state index in [0.717, 1.165) is 0 Å². The quantitative estimate of drug-likeness (QED) is 0.717. The van der Waals surface area contributed by atoms with E-state index in [-0.39, 0.29) is 24.9 Å². The van der Waals surface area contributed by atoms with Gasteiger partial charge in [-0.2, -0.15) is 0 Å². The van der Waals surface area contributed by atoms with Gasteiger partial charge in [-0.15, -0.1) is 0 Å². The molecule has 19 heavy (non-hydrogen) atoms. The molecule has 0 aromatic rings. The first-order chi connectivity index (χ1) is 8.69. The average molecular weight is 275 g/mol. The number of aliphatic hydroxyl groups excluding tert-OH is 1. The molecule has 0 spiro atoms. The number of rotatable bonds is 6. The van der Waals surface area contributed by atoms with Gasteiger partial charge < -0.3 is 19.9 Å². The van der Waals surface area contributed by atoms with Crippen LogP contribution in [0.1, 0.15) is 41.0 Å². The van der Waals surface area contributed by atoms with Crippen LogP contribution in [0.2, 0.25) is 0 Å².